The molecular formula is C31H37N3O8S. The van der Waals surface area contributed by atoms with Gasteiger partial charge < -0.3 is 29.2 Å². The van der Waals surface area contributed by atoms with Gasteiger partial charge in [-0.2, -0.15) is 4.31 Å². The summed E-state index contributed by atoms with van der Waals surface area (Å²) in [5, 5.41) is 2.89. The predicted molar refractivity (Wildman–Crippen MR) is 159 cm³/mol. The monoisotopic (exact) mass is 611 g/mol. The molecule has 230 valence electrons. The summed E-state index contributed by atoms with van der Waals surface area (Å²) in [6, 6.07) is 19.7. The van der Waals surface area contributed by atoms with E-state index in [1.165, 1.54) is 33.5 Å². The van der Waals surface area contributed by atoms with Crippen LogP contribution in [0.3, 0.4) is 0 Å². The number of hydrogen-bond acceptors (Lipinski definition) is 8. The third kappa shape index (κ3) is 8.46. The largest absolute Gasteiger partial charge is 0.497 e. The van der Waals surface area contributed by atoms with Crippen molar-refractivity contribution < 1.29 is 37.0 Å². The second-order valence-electron chi connectivity index (χ2n) is 9.89. The number of rotatable bonds is 13. The lowest BCUT2D eigenvalue weighted by Gasteiger charge is -2.29. The maximum absolute atomic E-state index is 13.4. The van der Waals surface area contributed by atoms with E-state index in [0.717, 1.165) is 11.1 Å². The van der Waals surface area contributed by atoms with E-state index < -0.39 is 22.0 Å². The summed E-state index contributed by atoms with van der Waals surface area (Å²) >= 11 is 0. The molecule has 0 radical (unpaired) electrons. The molecule has 1 heterocycles. The Morgan fingerprint density at radius 3 is 1.95 bits per heavy atom. The number of amides is 2. The second-order valence-corrected chi connectivity index (χ2v) is 11.8. The molecule has 3 aromatic rings. The van der Waals surface area contributed by atoms with Gasteiger partial charge in [0.15, 0.2) is 6.61 Å². The fraction of sp³-hybridized carbons (Fsp3) is 0.355. The van der Waals surface area contributed by atoms with Gasteiger partial charge in [-0.1, -0.05) is 24.3 Å². The normalized spacial score (nSPS) is 14.4. The summed E-state index contributed by atoms with van der Waals surface area (Å²) in [4.78, 5) is 28.2. The van der Waals surface area contributed by atoms with Crippen molar-refractivity contribution in [2.45, 2.75) is 31.0 Å². The lowest BCUT2D eigenvalue weighted by atomic mass is 10.1. The average molecular weight is 612 g/mol. The molecule has 0 aromatic heterocycles. The van der Waals surface area contributed by atoms with E-state index in [0.29, 0.717) is 43.6 Å². The zero-order valence-corrected chi connectivity index (χ0v) is 25.3. The van der Waals surface area contributed by atoms with Crippen molar-refractivity contribution in [1.29, 1.82) is 0 Å². The molecule has 11 nitrogen and oxygen atoms in total. The summed E-state index contributed by atoms with van der Waals surface area (Å²) in [5.74, 6) is 0.987. The number of ether oxygens (including phenoxy) is 4. The highest BCUT2D eigenvalue weighted by molar-refractivity contribution is 7.89. The minimum absolute atomic E-state index is 0.136. The molecule has 1 fully saturated rings. The minimum Gasteiger partial charge on any atom is -0.497 e. The van der Waals surface area contributed by atoms with Crippen LogP contribution in [0.4, 0.5) is 0 Å². The molecular weight excluding hydrogens is 574 g/mol. The standard InChI is InChI=1S/C31H37N3O8S/c1-23(31(36)32-20-24-4-8-26(39-2)9-5-24)34(21-25-6-10-27(40-3)11-7-25)30(35)22-42-28-12-14-29(15-13-28)43(37,38)33-16-18-41-19-17-33/h4-15,23H,16-22H2,1-3H3,(H,32,36). The molecule has 1 atom stereocenters. The van der Waals surface area contributed by atoms with E-state index in [-0.39, 0.29) is 30.5 Å². The van der Waals surface area contributed by atoms with Crippen LogP contribution in [0, 0.1) is 0 Å². The Hall–Kier alpha value is -4.13. The van der Waals surface area contributed by atoms with E-state index in [4.69, 9.17) is 18.9 Å². The van der Waals surface area contributed by atoms with Crippen molar-refractivity contribution in [1.82, 2.24) is 14.5 Å². The Morgan fingerprint density at radius 2 is 1.40 bits per heavy atom. The lowest BCUT2D eigenvalue weighted by molar-refractivity contribution is -0.142. The van der Waals surface area contributed by atoms with Gasteiger partial charge in [-0.15, -0.1) is 0 Å². The van der Waals surface area contributed by atoms with Gasteiger partial charge in [0, 0.05) is 26.2 Å². The summed E-state index contributed by atoms with van der Waals surface area (Å²) in [5.41, 5.74) is 1.69. The van der Waals surface area contributed by atoms with E-state index in [1.54, 1.807) is 33.3 Å². The fourth-order valence-electron chi connectivity index (χ4n) is 4.46. The van der Waals surface area contributed by atoms with Gasteiger partial charge in [0.25, 0.3) is 5.91 Å². The molecule has 3 aromatic carbocycles. The number of nitrogens with zero attached hydrogens (tertiary/aromatic N) is 2. The summed E-state index contributed by atoms with van der Waals surface area (Å²) in [7, 11) is -0.493. The maximum atomic E-state index is 13.4. The first-order valence-corrected chi connectivity index (χ1v) is 15.3. The molecule has 43 heavy (non-hydrogen) atoms. The molecule has 0 bridgehead atoms. The quantitative estimate of drug-likeness (QED) is 0.313. The van der Waals surface area contributed by atoms with E-state index in [2.05, 4.69) is 5.32 Å². The van der Waals surface area contributed by atoms with Gasteiger partial charge >= 0.3 is 0 Å². The van der Waals surface area contributed by atoms with E-state index >= 15 is 0 Å². The number of hydrogen-bond donors (Lipinski definition) is 1. The molecule has 1 N–H and O–H groups in total. The van der Waals surface area contributed by atoms with Crippen LogP contribution in [-0.2, 0) is 37.4 Å². The van der Waals surface area contributed by atoms with Crippen LogP contribution < -0.4 is 19.5 Å². The van der Waals surface area contributed by atoms with Crippen LogP contribution in [0.1, 0.15) is 18.1 Å². The maximum Gasteiger partial charge on any atom is 0.261 e. The van der Waals surface area contributed by atoms with Crippen LogP contribution >= 0.6 is 0 Å². The zero-order valence-electron chi connectivity index (χ0n) is 24.5. The summed E-state index contributed by atoms with van der Waals surface area (Å²) < 4.78 is 48.6. The lowest BCUT2D eigenvalue weighted by Crippen LogP contribution is -2.48. The molecule has 2 amide bonds. The van der Waals surface area contributed by atoms with Crippen LogP contribution in [0.25, 0.3) is 0 Å². The van der Waals surface area contributed by atoms with E-state index in [9.17, 15) is 18.0 Å². The van der Waals surface area contributed by atoms with Crippen molar-refractivity contribution in [2.75, 3.05) is 47.1 Å². The highest BCUT2D eigenvalue weighted by atomic mass is 32.2. The summed E-state index contributed by atoms with van der Waals surface area (Å²) in [6.45, 7) is 3.07. The molecule has 1 aliphatic rings. The van der Waals surface area contributed by atoms with E-state index in [1.807, 2.05) is 36.4 Å². The molecule has 1 unspecified atom stereocenters. The Bertz CT molecular complexity index is 1460. The molecule has 0 aliphatic carbocycles. The van der Waals surface area contributed by atoms with Gasteiger partial charge in [-0.3, -0.25) is 9.59 Å². The van der Waals surface area contributed by atoms with Crippen molar-refractivity contribution in [3.05, 3.63) is 83.9 Å². The van der Waals surface area contributed by atoms with Crippen molar-refractivity contribution in [3.8, 4) is 17.2 Å². The Kier molecular flexibility index (Phi) is 11.0. The van der Waals surface area contributed by atoms with Gasteiger partial charge in [0.05, 0.1) is 32.3 Å². The van der Waals surface area contributed by atoms with Gasteiger partial charge in [0.2, 0.25) is 15.9 Å². The molecule has 1 saturated heterocycles. The van der Waals surface area contributed by atoms with Crippen molar-refractivity contribution in [3.63, 3.8) is 0 Å². The third-order valence-electron chi connectivity index (χ3n) is 7.10. The molecule has 4 rings (SSSR count). The number of sulfonamides is 1. The zero-order chi connectivity index (χ0) is 30.8. The number of benzene rings is 3. The highest BCUT2D eigenvalue weighted by Gasteiger charge is 2.28. The van der Waals surface area contributed by atoms with Gasteiger partial charge in [0.1, 0.15) is 23.3 Å². The predicted octanol–water partition coefficient (Wildman–Crippen LogP) is 2.84. The first-order chi connectivity index (χ1) is 20.7. The molecule has 1 aliphatic heterocycles. The topological polar surface area (TPSA) is 124 Å². The number of carbonyl (C=O) groups excluding carboxylic acids is 2. The first-order valence-electron chi connectivity index (χ1n) is 13.8. The SMILES string of the molecule is COc1ccc(CNC(=O)C(C)N(Cc2ccc(OC)cc2)C(=O)COc2ccc(S(=O)(=O)N3CCOCC3)cc2)cc1. The summed E-state index contributed by atoms with van der Waals surface area (Å²) in [6.07, 6.45) is 0. The van der Waals surface area contributed by atoms with Crippen molar-refractivity contribution in [2.24, 2.45) is 0 Å². The first kappa shape index (κ1) is 31.8. The Morgan fingerprint density at radius 1 is 0.860 bits per heavy atom. The van der Waals surface area contributed by atoms with Gasteiger partial charge in [-0.05, 0) is 66.6 Å². The number of carbonyl (C=O) groups is 2. The molecule has 0 saturated carbocycles. The average Bonchev–Trinajstić information content (AvgIpc) is 3.05. The Balaban J connectivity index is 1.42. The van der Waals surface area contributed by atoms with Crippen LogP contribution in [0.2, 0.25) is 0 Å². The third-order valence-corrected chi connectivity index (χ3v) is 9.01. The minimum atomic E-state index is -3.65. The number of nitrogens with one attached hydrogen (secondary N) is 1. The van der Waals surface area contributed by atoms with Crippen molar-refractivity contribution >= 4 is 21.8 Å². The van der Waals surface area contributed by atoms with Crippen LogP contribution in [-0.4, -0.2) is 82.6 Å². The van der Waals surface area contributed by atoms with Gasteiger partial charge in [-0.25, -0.2) is 8.42 Å². The smallest absolute Gasteiger partial charge is 0.261 e. The second kappa shape index (κ2) is 14.9. The highest BCUT2D eigenvalue weighted by Crippen LogP contribution is 2.21. The Labute approximate surface area is 252 Å². The molecule has 0 spiro atoms. The number of methoxy groups -OCH3 is 2. The number of morpholine rings is 1. The molecule has 12 heteroatoms. The van der Waals surface area contributed by atoms with Crippen LogP contribution in [0.15, 0.2) is 77.7 Å². The van der Waals surface area contributed by atoms with Crippen LogP contribution in [0.5, 0.6) is 17.2 Å². The fourth-order valence-corrected chi connectivity index (χ4v) is 5.87.